The predicted octanol–water partition coefficient (Wildman–Crippen LogP) is 7.39. The molecule has 2 unspecified atom stereocenters. The Morgan fingerprint density at radius 3 is 2.21 bits per heavy atom. The number of nitrogens with zero attached hydrogens (tertiary/aromatic N) is 1. The predicted molar refractivity (Wildman–Crippen MR) is 174 cm³/mol. The van der Waals surface area contributed by atoms with E-state index in [9.17, 15) is 14.4 Å². The second kappa shape index (κ2) is 15.2. The van der Waals surface area contributed by atoms with E-state index in [-0.39, 0.29) is 18.2 Å². The molecule has 3 aromatic rings. The van der Waals surface area contributed by atoms with Gasteiger partial charge in [0.05, 0.1) is 0 Å². The van der Waals surface area contributed by atoms with Crippen molar-refractivity contribution >= 4 is 29.7 Å². The molecule has 0 aliphatic rings. The normalized spacial score (nSPS) is 12.5. The molecular weight excluding hydrogens is 538 g/mol. The molecule has 0 aliphatic heterocycles. The van der Waals surface area contributed by atoms with Gasteiger partial charge in [-0.05, 0) is 74.9 Å². The van der Waals surface area contributed by atoms with E-state index in [0.717, 1.165) is 28.7 Å². The van der Waals surface area contributed by atoms with Crippen molar-refractivity contribution in [1.82, 2.24) is 10.2 Å². The molecule has 7 nitrogen and oxygen atoms in total. The van der Waals surface area contributed by atoms with Crippen molar-refractivity contribution in [3.05, 3.63) is 107 Å². The molecule has 0 saturated heterocycles. The lowest BCUT2D eigenvalue weighted by Crippen LogP contribution is -2.53. The van der Waals surface area contributed by atoms with E-state index in [4.69, 9.17) is 4.74 Å². The first-order valence-electron chi connectivity index (χ1n) is 14.9. The van der Waals surface area contributed by atoms with Crippen molar-refractivity contribution in [2.24, 2.45) is 0 Å². The number of aryl methyl sites for hydroxylation is 2. The highest BCUT2D eigenvalue weighted by Gasteiger charge is 2.36. The molecule has 43 heavy (non-hydrogen) atoms. The van der Waals surface area contributed by atoms with Crippen LogP contribution in [0, 0.1) is 13.8 Å². The average molecular weight is 584 g/mol. The number of benzene rings is 3. The zero-order valence-corrected chi connectivity index (χ0v) is 26.3. The van der Waals surface area contributed by atoms with Crippen LogP contribution in [-0.4, -0.2) is 41.0 Å². The third kappa shape index (κ3) is 9.57. The first-order chi connectivity index (χ1) is 20.4. The summed E-state index contributed by atoms with van der Waals surface area (Å²) in [7, 11) is 0. The Morgan fingerprint density at radius 1 is 0.953 bits per heavy atom. The Balaban J connectivity index is 2.11. The SMILES string of the molecule is C=Cc1cccc(C(C(=O)Nc2c(C)cccc2C)N(CCCC)C(=O)C(Cc2ccccc2)NC(=O)OC(C)(C)C)c1. The third-order valence-corrected chi connectivity index (χ3v) is 7.06. The first-order valence-corrected chi connectivity index (χ1v) is 14.9. The van der Waals surface area contributed by atoms with E-state index in [1.165, 1.54) is 0 Å². The fraction of sp³-hybridized carbons (Fsp3) is 0.361. The summed E-state index contributed by atoms with van der Waals surface area (Å²) in [6.07, 6.45) is 2.74. The van der Waals surface area contributed by atoms with Crippen LogP contribution in [0.25, 0.3) is 6.08 Å². The van der Waals surface area contributed by atoms with E-state index in [2.05, 4.69) is 17.2 Å². The Morgan fingerprint density at radius 2 is 1.60 bits per heavy atom. The molecule has 0 heterocycles. The molecule has 0 saturated carbocycles. The zero-order valence-electron chi connectivity index (χ0n) is 26.3. The van der Waals surface area contributed by atoms with Gasteiger partial charge in [-0.25, -0.2) is 4.79 Å². The number of nitrogens with one attached hydrogen (secondary N) is 2. The maximum atomic E-state index is 14.6. The number of rotatable bonds is 12. The smallest absolute Gasteiger partial charge is 0.408 e. The highest BCUT2D eigenvalue weighted by atomic mass is 16.6. The number of hydrogen-bond acceptors (Lipinski definition) is 4. The Kier molecular flexibility index (Phi) is 11.7. The number of carbonyl (C=O) groups excluding carboxylic acids is 3. The average Bonchev–Trinajstić information content (AvgIpc) is 2.96. The van der Waals surface area contributed by atoms with E-state index in [1.54, 1.807) is 31.7 Å². The van der Waals surface area contributed by atoms with Crippen LogP contribution in [0.5, 0.6) is 0 Å². The molecule has 0 bridgehead atoms. The summed E-state index contributed by atoms with van der Waals surface area (Å²) >= 11 is 0. The van der Waals surface area contributed by atoms with Gasteiger partial charge in [0.25, 0.3) is 5.91 Å². The molecule has 2 N–H and O–H groups in total. The molecule has 7 heteroatoms. The van der Waals surface area contributed by atoms with Gasteiger partial charge in [0, 0.05) is 18.7 Å². The molecule has 3 rings (SSSR count). The van der Waals surface area contributed by atoms with Gasteiger partial charge in [-0.3, -0.25) is 9.59 Å². The highest BCUT2D eigenvalue weighted by molar-refractivity contribution is 6.00. The number of alkyl carbamates (subject to hydrolysis) is 1. The van der Waals surface area contributed by atoms with Gasteiger partial charge in [0.1, 0.15) is 17.7 Å². The van der Waals surface area contributed by atoms with Crippen molar-refractivity contribution in [3.8, 4) is 0 Å². The Hall–Kier alpha value is -4.39. The standard InChI is InChI=1S/C36H45N3O4/c1-8-10-22-39(34(41)30(24-28-18-12-11-13-19-28)37-35(42)43-36(5,6)7)32(29-21-15-20-27(9-2)23-29)33(40)38-31-25(3)16-14-17-26(31)4/h9,11-21,23,30,32H,2,8,10,22,24H2,1,3-7H3,(H,37,42)(H,38,40). The number of carbonyl (C=O) groups is 3. The molecule has 3 aromatic carbocycles. The van der Waals surface area contributed by atoms with Gasteiger partial charge >= 0.3 is 6.09 Å². The van der Waals surface area contributed by atoms with Gasteiger partial charge < -0.3 is 20.3 Å². The molecule has 0 radical (unpaired) electrons. The van der Waals surface area contributed by atoms with Gasteiger partial charge in [-0.1, -0.05) is 92.7 Å². The van der Waals surface area contributed by atoms with Crippen LogP contribution in [0.3, 0.4) is 0 Å². The molecular formula is C36H45N3O4. The fourth-order valence-electron chi connectivity index (χ4n) is 4.93. The molecule has 0 spiro atoms. The van der Waals surface area contributed by atoms with Crippen molar-refractivity contribution in [2.75, 3.05) is 11.9 Å². The van der Waals surface area contributed by atoms with Gasteiger partial charge in [0.15, 0.2) is 0 Å². The second-order valence-electron chi connectivity index (χ2n) is 11.8. The number of unbranched alkanes of at least 4 members (excludes halogenated alkanes) is 1. The van der Waals surface area contributed by atoms with Crippen molar-refractivity contribution in [1.29, 1.82) is 0 Å². The van der Waals surface area contributed by atoms with Crippen LogP contribution < -0.4 is 10.6 Å². The fourth-order valence-corrected chi connectivity index (χ4v) is 4.93. The molecule has 3 amide bonds. The number of ether oxygens (including phenoxy) is 1. The summed E-state index contributed by atoms with van der Waals surface area (Å²) in [6.45, 7) is 15.4. The van der Waals surface area contributed by atoms with Crippen LogP contribution in [-0.2, 0) is 20.7 Å². The van der Waals surface area contributed by atoms with Crippen molar-refractivity contribution in [3.63, 3.8) is 0 Å². The minimum Gasteiger partial charge on any atom is -0.444 e. The van der Waals surface area contributed by atoms with Crippen LogP contribution in [0.15, 0.2) is 79.4 Å². The van der Waals surface area contributed by atoms with Crippen molar-refractivity contribution < 1.29 is 19.1 Å². The summed E-state index contributed by atoms with van der Waals surface area (Å²) in [4.78, 5) is 43.4. The van der Waals surface area contributed by atoms with Crippen LogP contribution in [0.4, 0.5) is 10.5 Å². The van der Waals surface area contributed by atoms with Gasteiger partial charge in [-0.15, -0.1) is 0 Å². The largest absolute Gasteiger partial charge is 0.444 e. The number of amides is 3. The quantitative estimate of drug-likeness (QED) is 0.233. The maximum Gasteiger partial charge on any atom is 0.408 e. The molecule has 0 aromatic heterocycles. The second-order valence-corrected chi connectivity index (χ2v) is 11.8. The molecule has 0 aliphatic carbocycles. The number of hydrogen-bond donors (Lipinski definition) is 2. The van der Waals surface area contributed by atoms with Crippen LogP contribution in [0.2, 0.25) is 0 Å². The summed E-state index contributed by atoms with van der Waals surface area (Å²) in [5, 5.41) is 5.93. The molecule has 2 atom stereocenters. The minimum atomic E-state index is -0.966. The Labute approximate surface area is 256 Å². The van der Waals surface area contributed by atoms with E-state index in [0.29, 0.717) is 24.2 Å². The summed E-state index contributed by atoms with van der Waals surface area (Å²) in [6, 6.07) is 20.9. The summed E-state index contributed by atoms with van der Waals surface area (Å²) in [5.41, 5.74) is 4.18. The lowest BCUT2D eigenvalue weighted by atomic mass is 9.98. The molecule has 0 fully saturated rings. The topological polar surface area (TPSA) is 87.7 Å². The van der Waals surface area contributed by atoms with E-state index >= 15 is 0 Å². The van der Waals surface area contributed by atoms with Crippen LogP contribution in [0.1, 0.15) is 74.4 Å². The van der Waals surface area contributed by atoms with E-state index < -0.39 is 23.8 Å². The van der Waals surface area contributed by atoms with Crippen molar-refractivity contribution in [2.45, 2.75) is 78.5 Å². The first kappa shape index (κ1) is 33.1. The highest BCUT2D eigenvalue weighted by Crippen LogP contribution is 2.28. The zero-order chi connectivity index (χ0) is 31.6. The summed E-state index contributed by atoms with van der Waals surface area (Å²) in [5.74, 6) is -0.701. The van der Waals surface area contributed by atoms with Gasteiger partial charge in [-0.2, -0.15) is 0 Å². The third-order valence-electron chi connectivity index (χ3n) is 7.06. The monoisotopic (exact) mass is 583 g/mol. The van der Waals surface area contributed by atoms with Gasteiger partial charge in [0.2, 0.25) is 5.91 Å². The van der Waals surface area contributed by atoms with E-state index in [1.807, 2.05) is 93.6 Å². The number of anilines is 1. The lowest BCUT2D eigenvalue weighted by molar-refractivity contribution is -0.140. The van der Waals surface area contributed by atoms with Crippen LogP contribution >= 0.6 is 0 Å². The summed E-state index contributed by atoms with van der Waals surface area (Å²) < 4.78 is 5.53. The number of para-hydroxylation sites is 1. The Bertz CT molecular complexity index is 1390. The maximum absolute atomic E-state index is 14.6. The lowest BCUT2D eigenvalue weighted by Gasteiger charge is -2.35. The molecule has 228 valence electrons. The minimum absolute atomic E-state index is 0.236.